The van der Waals surface area contributed by atoms with Gasteiger partial charge in [0.2, 0.25) is 0 Å². The van der Waals surface area contributed by atoms with Crippen LogP contribution in [-0.4, -0.2) is 6.21 Å². The molecule has 61 valence electrons. The van der Waals surface area contributed by atoms with Crippen molar-refractivity contribution in [3.63, 3.8) is 0 Å². The Balaban J connectivity index is 0.00000121. The van der Waals surface area contributed by atoms with Gasteiger partial charge in [0.15, 0.2) is 0 Å². The van der Waals surface area contributed by atoms with Gasteiger partial charge in [0.25, 0.3) is 0 Å². The van der Waals surface area contributed by atoms with E-state index in [0.717, 1.165) is 11.3 Å². The van der Waals surface area contributed by atoms with Crippen molar-refractivity contribution in [1.29, 1.82) is 0 Å². The van der Waals surface area contributed by atoms with Crippen molar-refractivity contribution in [3.8, 4) is 0 Å². The van der Waals surface area contributed by atoms with E-state index in [0.29, 0.717) is 0 Å². The van der Waals surface area contributed by atoms with E-state index < -0.39 is 0 Å². The van der Waals surface area contributed by atoms with Gasteiger partial charge in [-0.25, -0.2) is 11.3 Å². The molecule has 1 nitrogen and oxygen atoms in total. The fourth-order valence-corrected chi connectivity index (χ4v) is 0.980. The van der Waals surface area contributed by atoms with E-state index in [1.807, 2.05) is 19.9 Å². The summed E-state index contributed by atoms with van der Waals surface area (Å²) in [6.45, 7) is 5.86. The summed E-state index contributed by atoms with van der Waals surface area (Å²) in [4.78, 5) is 4.04. The monoisotopic (exact) mass is 196 g/mol. The van der Waals surface area contributed by atoms with E-state index in [1.165, 1.54) is 5.56 Å². The minimum Gasteiger partial charge on any atom is -0.482 e. The Kier molecular flexibility index (Phi) is 4.95. The van der Waals surface area contributed by atoms with Gasteiger partial charge in [-0.05, 0) is 0 Å². The topological polar surface area (TPSA) is 12.4 Å². The molecule has 0 saturated heterocycles. The number of aryl methyl sites for hydroxylation is 2. The van der Waals surface area contributed by atoms with Crippen LogP contribution in [0.2, 0.25) is 0 Å². The van der Waals surface area contributed by atoms with Crippen LogP contribution in [-0.2, 0) is 18.6 Å². The molecule has 2 heteroatoms. The van der Waals surface area contributed by atoms with Gasteiger partial charge in [-0.3, -0.25) is 6.07 Å². The average Bonchev–Trinajstić information content (AvgIpc) is 1.95. The van der Waals surface area contributed by atoms with Crippen molar-refractivity contribution in [3.05, 3.63) is 29.3 Å². The van der Waals surface area contributed by atoms with Crippen molar-refractivity contribution in [2.24, 2.45) is 4.99 Å². The summed E-state index contributed by atoms with van der Waals surface area (Å²) in [6, 6.07) is 7.10. The first-order valence-corrected chi connectivity index (χ1v) is 3.60. The zero-order chi connectivity index (χ0) is 8.27. The molecule has 0 aliphatic carbocycles. The molecule has 0 amide bonds. The van der Waals surface area contributed by atoms with Crippen molar-refractivity contribution >= 4 is 11.9 Å². The molecule has 0 heterocycles. The summed E-state index contributed by atoms with van der Waals surface area (Å²) in [6.07, 6.45) is 2.74. The van der Waals surface area contributed by atoms with Crippen molar-refractivity contribution < 1.29 is 18.6 Å². The molecule has 0 aliphatic rings. The third-order valence-electron chi connectivity index (χ3n) is 1.48. The minimum atomic E-state index is 0. The van der Waals surface area contributed by atoms with Crippen LogP contribution in [0.1, 0.15) is 18.1 Å². The molecule has 0 bridgehead atoms. The first-order chi connectivity index (χ1) is 5.24. The first kappa shape index (κ1) is 11.5. The van der Waals surface area contributed by atoms with E-state index in [9.17, 15) is 0 Å². The van der Waals surface area contributed by atoms with E-state index in [1.54, 1.807) is 6.92 Å². The number of hydrogen-bond donors (Lipinski definition) is 0. The van der Waals surface area contributed by atoms with E-state index in [-0.39, 0.29) is 18.6 Å². The second-order valence-corrected chi connectivity index (χ2v) is 2.54. The van der Waals surface area contributed by atoms with E-state index >= 15 is 0 Å². The normalized spacial score (nSPS) is 9.92. The number of nitrogens with zero attached hydrogens (tertiary/aromatic N) is 1. The van der Waals surface area contributed by atoms with Crippen molar-refractivity contribution in [2.75, 3.05) is 0 Å². The molecule has 0 spiro atoms. The summed E-state index contributed by atoms with van der Waals surface area (Å²) in [5.41, 5.74) is 3.26. The summed E-state index contributed by atoms with van der Waals surface area (Å²) >= 11 is 0. The summed E-state index contributed by atoms with van der Waals surface area (Å²) in [5, 5.41) is 0. The third kappa shape index (κ3) is 2.84. The molecule has 0 atom stereocenters. The number of rotatable bonds is 1. The SMILES string of the molecule is C[C-]=Nc1[c-]cc(C)cc1C.[V+2]. The van der Waals surface area contributed by atoms with Crippen LogP contribution in [0.3, 0.4) is 0 Å². The Morgan fingerprint density at radius 3 is 2.58 bits per heavy atom. The molecule has 0 fully saturated rings. The van der Waals surface area contributed by atoms with Crippen molar-refractivity contribution in [1.82, 2.24) is 0 Å². The predicted molar refractivity (Wildman–Crippen MR) is 47.5 cm³/mol. The van der Waals surface area contributed by atoms with Crippen LogP contribution in [0.4, 0.5) is 5.69 Å². The molecule has 0 unspecified atom stereocenters. The molecule has 1 radical (unpaired) electrons. The summed E-state index contributed by atoms with van der Waals surface area (Å²) in [7, 11) is 0. The quantitative estimate of drug-likeness (QED) is 0.483. The van der Waals surface area contributed by atoms with Gasteiger partial charge in [0, 0.05) is 0 Å². The molecule has 12 heavy (non-hydrogen) atoms. The van der Waals surface area contributed by atoms with Gasteiger partial charge in [0.1, 0.15) is 0 Å². The Morgan fingerprint density at radius 2 is 2.08 bits per heavy atom. The minimum absolute atomic E-state index is 0. The number of hydrogen-bond acceptors (Lipinski definition) is 1. The Labute approximate surface area is 85.8 Å². The number of aliphatic imine (C=N–C) groups is 1. The van der Waals surface area contributed by atoms with Crippen LogP contribution >= 0.6 is 0 Å². The maximum atomic E-state index is 4.04. The Morgan fingerprint density at radius 1 is 1.42 bits per heavy atom. The van der Waals surface area contributed by atoms with Gasteiger partial charge < -0.3 is 4.99 Å². The van der Waals surface area contributed by atoms with Crippen LogP contribution in [0.25, 0.3) is 0 Å². The van der Waals surface area contributed by atoms with Crippen LogP contribution < -0.4 is 0 Å². The van der Waals surface area contributed by atoms with Crippen molar-refractivity contribution in [2.45, 2.75) is 20.8 Å². The molecular weight excluding hydrogens is 185 g/mol. The van der Waals surface area contributed by atoms with E-state index in [2.05, 4.69) is 23.3 Å². The molecule has 1 rings (SSSR count). The van der Waals surface area contributed by atoms with Crippen LogP contribution in [0.15, 0.2) is 17.1 Å². The maximum Gasteiger partial charge on any atom is 2.00 e. The van der Waals surface area contributed by atoms with E-state index in [4.69, 9.17) is 0 Å². The molecule has 0 N–H and O–H groups in total. The van der Waals surface area contributed by atoms with Crippen LogP contribution in [0.5, 0.6) is 0 Å². The summed E-state index contributed by atoms with van der Waals surface area (Å²) in [5.74, 6) is 0. The second-order valence-electron chi connectivity index (χ2n) is 2.54. The fourth-order valence-electron chi connectivity index (χ4n) is 0.980. The standard InChI is InChI=1S/C10H11N.V/c1-4-11-10-6-5-8(2)7-9(10)3;/h5,7H,1-3H3;/q-2;+2. The third-order valence-corrected chi connectivity index (χ3v) is 1.48. The Hall–Kier alpha value is -0.526. The second kappa shape index (κ2) is 5.18. The maximum absolute atomic E-state index is 4.04. The summed E-state index contributed by atoms with van der Waals surface area (Å²) < 4.78 is 0. The zero-order valence-electron chi connectivity index (χ0n) is 7.55. The number of benzene rings is 1. The molecule has 0 saturated carbocycles. The van der Waals surface area contributed by atoms with Gasteiger partial charge >= 0.3 is 18.6 Å². The molecule has 0 aromatic heterocycles. The van der Waals surface area contributed by atoms with Gasteiger partial charge in [-0.15, -0.1) is 13.8 Å². The smallest absolute Gasteiger partial charge is 0.482 e. The van der Waals surface area contributed by atoms with Gasteiger partial charge in [-0.2, -0.15) is 23.9 Å². The molecule has 0 aliphatic heterocycles. The van der Waals surface area contributed by atoms with Gasteiger partial charge in [0.05, 0.1) is 0 Å². The molecular formula is C10H11NV. The average molecular weight is 196 g/mol. The first-order valence-electron chi connectivity index (χ1n) is 3.60. The molecule has 1 aromatic rings. The fraction of sp³-hybridized carbons (Fsp3) is 0.300. The predicted octanol–water partition coefficient (Wildman–Crippen LogP) is 2.70. The van der Waals surface area contributed by atoms with Crippen LogP contribution in [0, 0.1) is 19.9 Å². The Bertz CT molecular complexity index is 279. The van der Waals surface area contributed by atoms with Gasteiger partial charge in [-0.1, -0.05) is 6.92 Å². The largest absolute Gasteiger partial charge is 2.00 e. The molecule has 1 aromatic carbocycles. The zero-order valence-corrected chi connectivity index (χ0v) is 8.95.